The highest BCUT2D eigenvalue weighted by Crippen LogP contribution is 2.30. The first kappa shape index (κ1) is 12.9. The number of nitro groups is 1. The van der Waals surface area contributed by atoms with Crippen LogP contribution in [0.2, 0.25) is 0 Å². The van der Waals surface area contributed by atoms with E-state index < -0.39 is 4.92 Å². The predicted octanol–water partition coefficient (Wildman–Crippen LogP) is 1.83. The molecule has 0 fully saturated rings. The second-order valence-electron chi connectivity index (χ2n) is 4.23. The lowest BCUT2D eigenvalue weighted by molar-refractivity contribution is -0.383. The molecule has 0 spiro atoms. The number of benzene rings is 1. The minimum atomic E-state index is -0.478. The van der Waals surface area contributed by atoms with Crippen molar-refractivity contribution in [3.05, 3.63) is 45.8 Å². The highest BCUT2D eigenvalue weighted by molar-refractivity contribution is 5.74. The average Bonchev–Trinajstić information content (AvgIpc) is 2.67. The molecule has 0 aliphatic heterocycles. The molecular formula is C12H15N5O2. The summed E-state index contributed by atoms with van der Waals surface area (Å²) in [5.74, 6) is 0. The molecule has 0 bridgehead atoms. The van der Waals surface area contributed by atoms with Crippen LogP contribution in [0.5, 0.6) is 0 Å². The predicted molar refractivity (Wildman–Crippen MR) is 72.8 cm³/mol. The van der Waals surface area contributed by atoms with Crippen LogP contribution in [0.25, 0.3) is 0 Å². The van der Waals surface area contributed by atoms with Gasteiger partial charge in [0.1, 0.15) is 11.4 Å². The fourth-order valence-electron chi connectivity index (χ4n) is 1.82. The van der Waals surface area contributed by atoms with Crippen LogP contribution in [0.1, 0.15) is 11.3 Å². The van der Waals surface area contributed by atoms with Gasteiger partial charge in [-0.3, -0.25) is 14.8 Å². The molecule has 7 nitrogen and oxygen atoms in total. The fourth-order valence-corrected chi connectivity index (χ4v) is 1.82. The molecule has 0 aliphatic rings. The molecule has 1 aromatic carbocycles. The number of hydrogen-bond donors (Lipinski definition) is 2. The second-order valence-corrected chi connectivity index (χ2v) is 4.23. The van der Waals surface area contributed by atoms with Crippen LogP contribution in [0.3, 0.4) is 0 Å². The van der Waals surface area contributed by atoms with Crippen molar-refractivity contribution in [2.75, 3.05) is 11.1 Å². The van der Waals surface area contributed by atoms with Gasteiger partial charge in [-0.25, -0.2) is 0 Å². The van der Waals surface area contributed by atoms with Gasteiger partial charge in [0, 0.05) is 24.8 Å². The number of nitrogens with two attached hydrogens (primary N) is 1. The Morgan fingerprint density at radius 1 is 1.53 bits per heavy atom. The number of nitro benzene ring substituents is 1. The summed E-state index contributed by atoms with van der Waals surface area (Å²) >= 11 is 0. The van der Waals surface area contributed by atoms with Crippen molar-refractivity contribution < 1.29 is 4.92 Å². The molecule has 0 aliphatic carbocycles. The molecule has 100 valence electrons. The third-order valence-electron chi connectivity index (χ3n) is 3.06. The number of aryl methyl sites for hydroxylation is 1. The van der Waals surface area contributed by atoms with Crippen LogP contribution < -0.4 is 11.1 Å². The van der Waals surface area contributed by atoms with E-state index in [0.717, 1.165) is 11.3 Å². The quantitative estimate of drug-likeness (QED) is 0.497. The summed E-state index contributed by atoms with van der Waals surface area (Å²) in [6, 6.07) is 4.83. The van der Waals surface area contributed by atoms with Crippen LogP contribution in [0, 0.1) is 17.0 Å². The van der Waals surface area contributed by atoms with Crippen LogP contribution >= 0.6 is 0 Å². The van der Waals surface area contributed by atoms with E-state index in [0.29, 0.717) is 12.2 Å². The van der Waals surface area contributed by atoms with Crippen LogP contribution in [-0.4, -0.2) is 14.7 Å². The molecule has 2 aromatic rings. The van der Waals surface area contributed by atoms with E-state index in [2.05, 4.69) is 10.4 Å². The van der Waals surface area contributed by atoms with E-state index >= 15 is 0 Å². The number of rotatable bonds is 4. The van der Waals surface area contributed by atoms with Crippen molar-refractivity contribution in [2.24, 2.45) is 7.05 Å². The molecule has 1 aromatic heterocycles. The third kappa shape index (κ3) is 2.49. The zero-order valence-electron chi connectivity index (χ0n) is 10.8. The van der Waals surface area contributed by atoms with Gasteiger partial charge in [-0.15, -0.1) is 0 Å². The van der Waals surface area contributed by atoms with E-state index in [1.807, 2.05) is 14.0 Å². The van der Waals surface area contributed by atoms with E-state index in [4.69, 9.17) is 5.73 Å². The summed E-state index contributed by atoms with van der Waals surface area (Å²) in [6.45, 7) is 2.40. The minimum absolute atomic E-state index is 0.0935. The standard InChI is InChI=1S/C12H15N5O2/c1-8-9(7-15-16(8)2)6-14-11-5-3-4-10(13)12(11)17(18)19/h3-5,7,14H,6,13H2,1-2H3. The normalized spacial score (nSPS) is 10.4. The van der Waals surface area contributed by atoms with Gasteiger partial charge in [0.2, 0.25) is 0 Å². The van der Waals surface area contributed by atoms with Gasteiger partial charge in [0.15, 0.2) is 0 Å². The summed E-state index contributed by atoms with van der Waals surface area (Å²) < 4.78 is 1.75. The molecule has 7 heteroatoms. The second kappa shape index (κ2) is 4.97. The number of hydrogen-bond acceptors (Lipinski definition) is 5. The molecule has 0 radical (unpaired) electrons. The maximum atomic E-state index is 11.0. The number of para-hydroxylation sites is 1. The zero-order valence-corrected chi connectivity index (χ0v) is 10.8. The third-order valence-corrected chi connectivity index (χ3v) is 3.06. The number of aromatic nitrogens is 2. The Hall–Kier alpha value is -2.57. The van der Waals surface area contributed by atoms with Crippen molar-refractivity contribution in [2.45, 2.75) is 13.5 Å². The molecular weight excluding hydrogens is 246 g/mol. The van der Waals surface area contributed by atoms with Crippen molar-refractivity contribution in [1.82, 2.24) is 9.78 Å². The van der Waals surface area contributed by atoms with Gasteiger partial charge in [0.05, 0.1) is 11.1 Å². The maximum Gasteiger partial charge on any atom is 0.314 e. The van der Waals surface area contributed by atoms with Crippen molar-refractivity contribution in [1.29, 1.82) is 0 Å². The Morgan fingerprint density at radius 2 is 2.26 bits per heavy atom. The first-order valence-electron chi connectivity index (χ1n) is 5.75. The minimum Gasteiger partial charge on any atom is -0.393 e. The summed E-state index contributed by atoms with van der Waals surface area (Å²) in [5.41, 5.74) is 8.09. The summed E-state index contributed by atoms with van der Waals surface area (Å²) in [7, 11) is 1.85. The lowest BCUT2D eigenvalue weighted by atomic mass is 10.2. The zero-order chi connectivity index (χ0) is 14.0. The Labute approximate surface area is 110 Å². The van der Waals surface area contributed by atoms with Crippen molar-refractivity contribution in [3.63, 3.8) is 0 Å². The Bertz CT molecular complexity index is 621. The van der Waals surface area contributed by atoms with Gasteiger partial charge in [-0.05, 0) is 19.1 Å². The first-order chi connectivity index (χ1) is 9.00. The highest BCUT2D eigenvalue weighted by atomic mass is 16.6. The SMILES string of the molecule is Cc1c(CNc2cccc(N)c2[N+](=O)[O-])cnn1C. The molecule has 0 amide bonds. The molecule has 1 heterocycles. The lowest BCUT2D eigenvalue weighted by Crippen LogP contribution is -2.05. The largest absolute Gasteiger partial charge is 0.393 e. The van der Waals surface area contributed by atoms with E-state index in [-0.39, 0.29) is 11.4 Å². The van der Waals surface area contributed by atoms with Gasteiger partial charge in [0.25, 0.3) is 0 Å². The number of anilines is 2. The Balaban J connectivity index is 2.23. The summed E-state index contributed by atoms with van der Waals surface area (Å²) in [6.07, 6.45) is 1.74. The van der Waals surface area contributed by atoms with Crippen LogP contribution in [0.15, 0.2) is 24.4 Å². The summed E-state index contributed by atoms with van der Waals surface area (Å²) in [5, 5.41) is 18.1. The van der Waals surface area contributed by atoms with Crippen LogP contribution in [-0.2, 0) is 13.6 Å². The number of nitrogens with zero attached hydrogens (tertiary/aromatic N) is 3. The monoisotopic (exact) mass is 261 g/mol. The van der Waals surface area contributed by atoms with Gasteiger partial charge < -0.3 is 11.1 Å². The topological polar surface area (TPSA) is 99.0 Å². The lowest BCUT2D eigenvalue weighted by Gasteiger charge is -2.08. The molecule has 0 atom stereocenters. The van der Waals surface area contributed by atoms with Crippen molar-refractivity contribution in [3.8, 4) is 0 Å². The number of nitrogens with one attached hydrogen (secondary N) is 1. The van der Waals surface area contributed by atoms with Gasteiger partial charge in [-0.1, -0.05) is 6.07 Å². The average molecular weight is 261 g/mol. The van der Waals surface area contributed by atoms with E-state index in [1.54, 1.807) is 23.0 Å². The van der Waals surface area contributed by atoms with Gasteiger partial charge in [-0.2, -0.15) is 5.10 Å². The first-order valence-corrected chi connectivity index (χ1v) is 5.75. The highest BCUT2D eigenvalue weighted by Gasteiger charge is 2.17. The molecule has 3 N–H and O–H groups in total. The molecule has 0 saturated carbocycles. The maximum absolute atomic E-state index is 11.0. The number of nitrogen functional groups attached to an aromatic ring is 1. The Morgan fingerprint density at radius 3 is 2.84 bits per heavy atom. The summed E-state index contributed by atoms with van der Waals surface area (Å²) in [4.78, 5) is 10.5. The van der Waals surface area contributed by atoms with E-state index in [1.165, 1.54) is 6.07 Å². The fraction of sp³-hybridized carbons (Fsp3) is 0.250. The molecule has 2 rings (SSSR count). The van der Waals surface area contributed by atoms with Gasteiger partial charge >= 0.3 is 5.69 Å². The Kier molecular flexibility index (Phi) is 3.37. The smallest absolute Gasteiger partial charge is 0.314 e. The molecule has 0 unspecified atom stereocenters. The van der Waals surface area contributed by atoms with Crippen LogP contribution in [0.4, 0.5) is 17.1 Å². The van der Waals surface area contributed by atoms with E-state index in [9.17, 15) is 10.1 Å². The molecule has 19 heavy (non-hydrogen) atoms. The molecule has 0 saturated heterocycles. The van der Waals surface area contributed by atoms with Crippen molar-refractivity contribution >= 4 is 17.1 Å².